The molecular formula is C12H18FNO2. The highest BCUT2D eigenvalue weighted by molar-refractivity contribution is 5.32. The second kappa shape index (κ2) is 6.45. The number of phenolic OH excluding ortho intramolecular Hbond substituents is 1. The molecule has 1 rings (SSSR count). The average Bonchev–Trinajstić information content (AvgIpc) is 2.27. The van der Waals surface area contributed by atoms with E-state index in [0.717, 1.165) is 12.8 Å². The van der Waals surface area contributed by atoms with Crippen molar-refractivity contribution >= 4 is 0 Å². The van der Waals surface area contributed by atoms with Gasteiger partial charge in [-0.25, -0.2) is 4.39 Å². The van der Waals surface area contributed by atoms with E-state index in [0.29, 0.717) is 12.1 Å². The van der Waals surface area contributed by atoms with Crippen molar-refractivity contribution in [2.45, 2.75) is 32.4 Å². The van der Waals surface area contributed by atoms with E-state index < -0.39 is 0 Å². The van der Waals surface area contributed by atoms with Crippen LogP contribution in [-0.4, -0.2) is 22.9 Å². The van der Waals surface area contributed by atoms with E-state index in [4.69, 9.17) is 5.11 Å². The molecule has 3 N–H and O–H groups in total. The van der Waals surface area contributed by atoms with Gasteiger partial charge in [-0.2, -0.15) is 0 Å². The number of hydrogen-bond acceptors (Lipinski definition) is 3. The molecule has 0 aliphatic rings. The minimum atomic E-state index is -0.349. The second-order valence-electron chi connectivity index (χ2n) is 3.92. The van der Waals surface area contributed by atoms with Crippen LogP contribution >= 0.6 is 0 Å². The molecule has 0 radical (unpaired) electrons. The zero-order chi connectivity index (χ0) is 12.0. The second-order valence-corrected chi connectivity index (χ2v) is 3.92. The number of rotatable bonds is 6. The summed E-state index contributed by atoms with van der Waals surface area (Å²) >= 11 is 0. The van der Waals surface area contributed by atoms with Crippen molar-refractivity contribution in [1.29, 1.82) is 0 Å². The summed E-state index contributed by atoms with van der Waals surface area (Å²) in [6.45, 7) is 2.60. The first-order chi connectivity index (χ1) is 7.63. The molecule has 0 heterocycles. The van der Waals surface area contributed by atoms with Gasteiger partial charge in [-0.3, -0.25) is 0 Å². The Balaban J connectivity index is 2.44. The topological polar surface area (TPSA) is 52.5 Å². The number of hydrogen-bond donors (Lipinski definition) is 3. The quantitative estimate of drug-likeness (QED) is 0.694. The number of nitrogens with one attached hydrogen (secondary N) is 1. The van der Waals surface area contributed by atoms with Crippen molar-refractivity contribution in [2.75, 3.05) is 6.61 Å². The Kier molecular flexibility index (Phi) is 5.22. The van der Waals surface area contributed by atoms with Crippen LogP contribution in [0.2, 0.25) is 0 Å². The summed E-state index contributed by atoms with van der Waals surface area (Å²) < 4.78 is 12.9. The SMILES string of the molecule is CC(CCCO)NCc1cc(F)ccc1O. The lowest BCUT2D eigenvalue weighted by Crippen LogP contribution is -2.25. The lowest BCUT2D eigenvalue weighted by Gasteiger charge is -2.13. The normalized spacial score (nSPS) is 12.7. The summed E-state index contributed by atoms with van der Waals surface area (Å²) in [5.41, 5.74) is 0.552. The van der Waals surface area contributed by atoms with Crippen LogP contribution in [0.5, 0.6) is 5.75 Å². The third-order valence-electron chi connectivity index (χ3n) is 2.48. The predicted octanol–water partition coefficient (Wildman–Crippen LogP) is 1.78. The number of aliphatic hydroxyl groups excluding tert-OH is 1. The van der Waals surface area contributed by atoms with Gasteiger partial charge in [0.25, 0.3) is 0 Å². The Morgan fingerprint density at radius 3 is 2.88 bits per heavy atom. The highest BCUT2D eigenvalue weighted by Gasteiger charge is 2.05. The zero-order valence-corrected chi connectivity index (χ0v) is 9.41. The Bertz CT molecular complexity index is 331. The molecule has 0 saturated carbocycles. The van der Waals surface area contributed by atoms with Crippen LogP contribution in [0.25, 0.3) is 0 Å². The molecule has 3 nitrogen and oxygen atoms in total. The van der Waals surface area contributed by atoms with Gasteiger partial charge >= 0.3 is 0 Å². The molecule has 0 aliphatic carbocycles. The van der Waals surface area contributed by atoms with Gasteiger partial charge in [0.1, 0.15) is 11.6 Å². The molecular weight excluding hydrogens is 209 g/mol. The Hall–Kier alpha value is -1.13. The van der Waals surface area contributed by atoms with Crippen LogP contribution in [0, 0.1) is 5.82 Å². The first-order valence-corrected chi connectivity index (χ1v) is 5.45. The van der Waals surface area contributed by atoms with Gasteiger partial charge in [-0.15, -0.1) is 0 Å². The molecule has 4 heteroatoms. The largest absolute Gasteiger partial charge is 0.508 e. The summed E-state index contributed by atoms with van der Waals surface area (Å²) in [5, 5.41) is 21.3. The Morgan fingerprint density at radius 1 is 1.44 bits per heavy atom. The van der Waals surface area contributed by atoms with Crippen molar-refractivity contribution in [1.82, 2.24) is 5.32 Å². The number of aliphatic hydroxyl groups is 1. The van der Waals surface area contributed by atoms with Crippen LogP contribution in [0.15, 0.2) is 18.2 Å². The zero-order valence-electron chi connectivity index (χ0n) is 9.41. The molecule has 1 aromatic rings. The van der Waals surface area contributed by atoms with E-state index in [1.54, 1.807) is 0 Å². The summed E-state index contributed by atoms with van der Waals surface area (Å²) in [7, 11) is 0. The molecule has 90 valence electrons. The van der Waals surface area contributed by atoms with Crippen LogP contribution in [0.1, 0.15) is 25.3 Å². The standard InChI is InChI=1S/C12H18FNO2/c1-9(3-2-6-15)14-8-10-7-11(13)4-5-12(10)16/h4-5,7,9,14-16H,2-3,6,8H2,1H3. The third kappa shape index (κ3) is 4.16. The van der Waals surface area contributed by atoms with Gasteiger partial charge in [-0.05, 0) is 38.0 Å². The molecule has 0 saturated heterocycles. The lowest BCUT2D eigenvalue weighted by atomic mass is 10.1. The highest BCUT2D eigenvalue weighted by Crippen LogP contribution is 2.17. The van der Waals surface area contributed by atoms with E-state index in [9.17, 15) is 9.50 Å². The van der Waals surface area contributed by atoms with Crippen LogP contribution in [0.4, 0.5) is 4.39 Å². The van der Waals surface area contributed by atoms with Gasteiger partial charge in [0.05, 0.1) is 0 Å². The maximum atomic E-state index is 12.9. The molecule has 0 aliphatic heterocycles. The third-order valence-corrected chi connectivity index (χ3v) is 2.48. The van der Waals surface area contributed by atoms with E-state index in [2.05, 4.69) is 5.32 Å². The number of phenols is 1. The first kappa shape index (κ1) is 12.9. The van der Waals surface area contributed by atoms with Gasteiger partial charge in [0.15, 0.2) is 0 Å². The molecule has 16 heavy (non-hydrogen) atoms. The maximum absolute atomic E-state index is 12.9. The molecule has 0 aromatic heterocycles. The van der Waals surface area contributed by atoms with Gasteiger partial charge in [0, 0.05) is 24.8 Å². The Labute approximate surface area is 94.9 Å². The summed E-state index contributed by atoms with van der Waals surface area (Å²) in [6, 6.07) is 4.13. The summed E-state index contributed by atoms with van der Waals surface area (Å²) in [6.07, 6.45) is 1.59. The molecule has 1 aromatic carbocycles. The van der Waals surface area contributed by atoms with E-state index in [-0.39, 0.29) is 24.2 Å². The van der Waals surface area contributed by atoms with Gasteiger partial charge in [0.2, 0.25) is 0 Å². The van der Waals surface area contributed by atoms with E-state index in [1.807, 2.05) is 6.92 Å². The minimum Gasteiger partial charge on any atom is -0.508 e. The number of aromatic hydroxyl groups is 1. The fraction of sp³-hybridized carbons (Fsp3) is 0.500. The van der Waals surface area contributed by atoms with Crippen molar-refractivity contribution < 1.29 is 14.6 Å². The first-order valence-electron chi connectivity index (χ1n) is 5.45. The summed E-state index contributed by atoms with van der Waals surface area (Å²) in [4.78, 5) is 0. The van der Waals surface area contributed by atoms with Crippen molar-refractivity contribution in [3.8, 4) is 5.75 Å². The van der Waals surface area contributed by atoms with Gasteiger partial charge in [-0.1, -0.05) is 0 Å². The van der Waals surface area contributed by atoms with E-state index in [1.165, 1.54) is 18.2 Å². The molecule has 0 spiro atoms. The van der Waals surface area contributed by atoms with Crippen LogP contribution in [0.3, 0.4) is 0 Å². The maximum Gasteiger partial charge on any atom is 0.123 e. The number of benzene rings is 1. The van der Waals surface area contributed by atoms with Gasteiger partial charge < -0.3 is 15.5 Å². The molecule has 1 unspecified atom stereocenters. The average molecular weight is 227 g/mol. The molecule has 1 atom stereocenters. The smallest absolute Gasteiger partial charge is 0.123 e. The van der Waals surface area contributed by atoms with Crippen LogP contribution < -0.4 is 5.32 Å². The lowest BCUT2D eigenvalue weighted by molar-refractivity contribution is 0.276. The highest BCUT2D eigenvalue weighted by atomic mass is 19.1. The molecule has 0 bridgehead atoms. The molecule has 0 fully saturated rings. The van der Waals surface area contributed by atoms with Crippen LogP contribution in [-0.2, 0) is 6.54 Å². The van der Waals surface area contributed by atoms with Crippen molar-refractivity contribution in [3.63, 3.8) is 0 Å². The van der Waals surface area contributed by atoms with Crippen molar-refractivity contribution in [2.24, 2.45) is 0 Å². The predicted molar refractivity (Wildman–Crippen MR) is 60.7 cm³/mol. The Morgan fingerprint density at radius 2 is 2.19 bits per heavy atom. The monoisotopic (exact) mass is 227 g/mol. The summed E-state index contributed by atoms with van der Waals surface area (Å²) in [5.74, 6) is -0.249. The fourth-order valence-corrected chi connectivity index (χ4v) is 1.48. The van der Waals surface area contributed by atoms with E-state index >= 15 is 0 Å². The minimum absolute atomic E-state index is 0.100. The number of halogens is 1. The molecule has 0 amide bonds. The fourth-order valence-electron chi connectivity index (χ4n) is 1.48. The van der Waals surface area contributed by atoms with Crippen molar-refractivity contribution in [3.05, 3.63) is 29.6 Å².